The zero-order chi connectivity index (χ0) is 19.9. The van der Waals surface area contributed by atoms with Crippen molar-refractivity contribution in [3.05, 3.63) is 29.3 Å². The molecule has 0 bridgehead atoms. The SMILES string of the molecule is Cc1cccc(C)c1N1C(=NC(=O)CCC2CCCC2)S[C@@H]2CS(=O)(=O)C[C@@H]21. The molecule has 2 atom stereocenters. The molecule has 2 aliphatic heterocycles. The maximum Gasteiger partial charge on any atom is 0.248 e. The van der Waals surface area contributed by atoms with Gasteiger partial charge >= 0.3 is 0 Å². The van der Waals surface area contributed by atoms with Gasteiger partial charge in [-0.25, -0.2) is 8.42 Å². The second kappa shape index (κ2) is 7.82. The van der Waals surface area contributed by atoms with E-state index in [1.54, 1.807) is 0 Å². The number of amides is 1. The van der Waals surface area contributed by atoms with Crippen molar-refractivity contribution in [3.63, 3.8) is 0 Å². The van der Waals surface area contributed by atoms with Crippen LogP contribution in [-0.2, 0) is 14.6 Å². The molecular formula is C21H28N2O3S2. The number of nitrogens with zero attached hydrogens (tertiary/aromatic N) is 2. The molecule has 1 amide bonds. The molecular weight excluding hydrogens is 392 g/mol. The number of para-hydroxylation sites is 1. The molecule has 1 saturated carbocycles. The fraction of sp³-hybridized carbons (Fsp3) is 0.619. The van der Waals surface area contributed by atoms with E-state index in [0.717, 1.165) is 23.2 Å². The van der Waals surface area contributed by atoms with E-state index in [2.05, 4.69) is 4.99 Å². The highest BCUT2D eigenvalue weighted by Gasteiger charge is 2.49. The molecule has 4 rings (SSSR count). The standard InChI is InChI=1S/C21H28N2O3S2/c1-14-6-5-7-15(2)20(14)23-17-12-28(25,26)13-18(17)27-21(23)22-19(24)11-10-16-8-3-4-9-16/h5-7,16-18H,3-4,8-13H2,1-2H3/t17-,18+/m0/s1. The molecule has 0 radical (unpaired) electrons. The van der Waals surface area contributed by atoms with Crippen LogP contribution in [0, 0.1) is 19.8 Å². The van der Waals surface area contributed by atoms with Gasteiger partial charge in [0.1, 0.15) is 0 Å². The van der Waals surface area contributed by atoms with E-state index < -0.39 is 9.84 Å². The topological polar surface area (TPSA) is 66.8 Å². The molecule has 0 N–H and O–H groups in total. The van der Waals surface area contributed by atoms with Crippen molar-refractivity contribution in [3.8, 4) is 0 Å². The fourth-order valence-electron chi connectivity index (χ4n) is 4.80. The van der Waals surface area contributed by atoms with E-state index in [9.17, 15) is 13.2 Å². The number of hydrogen-bond acceptors (Lipinski definition) is 4. The summed E-state index contributed by atoms with van der Waals surface area (Å²) in [6.45, 7) is 4.06. The first-order valence-corrected chi connectivity index (χ1v) is 12.9. The van der Waals surface area contributed by atoms with Crippen LogP contribution in [0.25, 0.3) is 0 Å². The third-order valence-corrected chi connectivity index (χ3v) is 9.42. The van der Waals surface area contributed by atoms with Gasteiger partial charge in [0.25, 0.3) is 0 Å². The molecule has 5 nitrogen and oxygen atoms in total. The minimum atomic E-state index is -3.05. The number of amidine groups is 1. The number of hydrogen-bond donors (Lipinski definition) is 0. The molecule has 7 heteroatoms. The van der Waals surface area contributed by atoms with Gasteiger partial charge in [-0.1, -0.05) is 55.6 Å². The quantitative estimate of drug-likeness (QED) is 0.740. The molecule has 1 aromatic rings. The van der Waals surface area contributed by atoms with Crippen LogP contribution in [0.1, 0.15) is 49.7 Å². The van der Waals surface area contributed by atoms with E-state index >= 15 is 0 Å². The van der Waals surface area contributed by atoms with Crippen molar-refractivity contribution < 1.29 is 13.2 Å². The van der Waals surface area contributed by atoms with Crippen LogP contribution >= 0.6 is 11.8 Å². The monoisotopic (exact) mass is 420 g/mol. The van der Waals surface area contributed by atoms with Gasteiger partial charge in [0, 0.05) is 17.4 Å². The smallest absolute Gasteiger partial charge is 0.248 e. The van der Waals surface area contributed by atoms with Crippen LogP contribution in [0.5, 0.6) is 0 Å². The number of benzene rings is 1. The predicted molar refractivity (Wildman–Crippen MR) is 116 cm³/mol. The first-order chi connectivity index (χ1) is 13.3. The predicted octanol–water partition coefficient (Wildman–Crippen LogP) is 3.88. The summed E-state index contributed by atoms with van der Waals surface area (Å²) in [7, 11) is -3.05. The van der Waals surface area contributed by atoms with Gasteiger partial charge < -0.3 is 4.90 Å². The van der Waals surface area contributed by atoms with E-state index in [4.69, 9.17) is 0 Å². The average Bonchev–Trinajstić information content (AvgIpc) is 3.29. The maximum absolute atomic E-state index is 12.6. The van der Waals surface area contributed by atoms with E-state index in [-0.39, 0.29) is 28.7 Å². The van der Waals surface area contributed by atoms with Gasteiger partial charge in [-0.15, -0.1) is 0 Å². The number of anilines is 1. The lowest BCUT2D eigenvalue weighted by Crippen LogP contribution is -2.38. The number of sulfone groups is 1. The summed E-state index contributed by atoms with van der Waals surface area (Å²) in [4.78, 5) is 19.1. The van der Waals surface area contributed by atoms with Crippen molar-refractivity contribution >= 4 is 38.4 Å². The molecule has 1 aromatic carbocycles. The third-order valence-electron chi connectivity index (χ3n) is 6.21. The highest BCUT2D eigenvalue weighted by molar-refractivity contribution is 8.16. The molecule has 0 unspecified atom stereocenters. The summed E-state index contributed by atoms with van der Waals surface area (Å²) >= 11 is 1.47. The lowest BCUT2D eigenvalue weighted by Gasteiger charge is -2.28. The number of aliphatic imine (C=N–C) groups is 1. The maximum atomic E-state index is 12.6. The van der Waals surface area contributed by atoms with Crippen molar-refractivity contribution in [2.24, 2.45) is 10.9 Å². The number of thioether (sulfide) groups is 1. The number of rotatable bonds is 4. The molecule has 3 aliphatic rings. The van der Waals surface area contributed by atoms with Gasteiger partial charge in [0.15, 0.2) is 15.0 Å². The van der Waals surface area contributed by atoms with Crippen molar-refractivity contribution in [2.45, 2.75) is 63.7 Å². The van der Waals surface area contributed by atoms with E-state index in [0.29, 0.717) is 17.5 Å². The number of aryl methyl sites for hydroxylation is 2. The Kier molecular flexibility index (Phi) is 5.58. The largest absolute Gasteiger partial charge is 0.315 e. The number of carbonyl (C=O) groups is 1. The molecule has 152 valence electrons. The zero-order valence-electron chi connectivity index (χ0n) is 16.6. The first kappa shape index (κ1) is 20.0. The summed E-state index contributed by atoms with van der Waals surface area (Å²) in [6, 6.07) is 5.92. The molecule has 3 fully saturated rings. The number of carbonyl (C=O) groups excluding carboxylic acids is 1. The van der Waals surface area contributed by atoms with E-state index in [1.807, 2.05) is 36.9 Å². The molecule has 0 spiro atoms. The van der Waals surface area contributed by atoms with Crippen molar-refractivity contribution in [1.29, 1.82) is 0 Å². The van der Waals surface area contributed by atoms with Crippen LogP contribution in [0.3, 0.4) is 0 Å². The Labute approximate surface area is 171 Å². The normalized spacial score (nSPS) is 28.2. The first-order valence-electron chi connectivity index (χ1n) is 10.2. The van der Waals surface area contributed by atoms with Crippen molar-refractivity contribution in [1.82, 2.24) is 0 Å². The van der Waals surface area contributed by atoms with Crippen LogP contribution in [0.4, 0.5) is 5.69 Å². The second-order valence-electron chi connectivity index (χ2n) is 8.39. The van der Waals surface area contributed by atoms with Crippen LogP contribution in [-0.4, -0.2) is 42.3 Å². The Morgan fingerprint density at radius 1 is 1.18 bits per heavy atom. The second-order valence-corrected chi connectivity index (χ2v) is 11.7. The lowest BCUT2D eigenvalue weighted by atomic mass is 10.0. The Hall–Kier alpha value is -1.34. The minimum Gasteiger partial charge on any atom is -0.315 e. The van der Waals surface area contributed by atoms with Gasteiger partial charge in [-0.3, -0.25) is 4.79 Å². The van der Waals surface area contributed by atoms with Gasteiger partial charge in [0.05, 0.1) is 17.5 Å². The summed E-state index contributed by atoms with van der Waals surface area (Å²) in [5.74, 6) is 0.889. The lowest BCUT2D eigenvalue weighted by molar-refractivity contribution is -0.118. The summed E-state index contributed by atoms with van der Waals surface area (Å²) < 4.78 is 24.4. The molecule has 1 aliphatic carbocycles. The summed E-state index contributed by atoms with van der Waals surface area (Å²) in [6.07, 6.45) is 6.43. The van der Waals surface area contributed by atoms with Crippen LogP contribution in [0.2, 0.25) is 0 Å². The molecule has 2 heterocycles. The summed E-state index contributed by atoms with van der Waals surface area (Å²) in [5, 5.41) is 0.629. The number of fused-ring (bicyclic) bond motifs is 1. The Morgan fingerprint density at radius 2 is 1.86 bits per heavy atom. The van der Waals surface area contributed by atoms with Gasteiger partial charge in [-0.2, -0.15) is 4.99 Å². The third kappa shape index (κ3) is 4.01. The summed E-state index contributed by atoms with van der Waals surface area (Å²) in [5.41, 5.74) is 3.16. The van der Waals surface area contributed by atoms with Gasteiger partial charge in [-0.05, 0) is 37.3 Å². The fourth-order valence-corrected chi connectivity index (χ4v) is 8.72. The highest BCUT2D eigenvalue weighted by atomic mass is 32.2. The minimum absolute atomic E-state index is 0.0506. The van der Waals surface area contributed by atoms with Gasteiger partial charge in [0.2, 0.25) is 5.91 Å². The van der Waals surface area contributed by atoms with Crippen molar-refractivity contribution in [2.75, 3.05) is 16.4 Å². The Balaban J connectivity index is 1.61. The highest BCUT2D eigenvalue weighted by Crippen LogP contribution is 2.43. The van der Waals surface area contributed by atoms with Crippen LogP contribution < -0.4 is 4.90 Å². The van der Waals surface area contributed by atoms with Crippen LogP contribution in [0.15, 0.2) is 23.2 Å². The molecule has 28 heavy (non-hydrogen) atoms. The Morgan fingerprint density at radius 3 is 2.54 bits per heavy atom. The average molecular weight is 421 g/mol. The molecule has 0 aromatic heterocycles. The zero-order valence-corrected chi connectivity index (χ0v) is 18.2. The van der Waals surface area contributed by atoms with E-state index in [1.165, 1.54) is 37.4 Å². The Bertz CT molecular complexity index is 884. The molecule has 2 saturated heterocycles.